The summed E-state index contributed by atoms with van der Waals surface area (Å²) in [6.07, 6.45) is 0. The van der Waals surface area contributed by atoms with E-state index >= 15 is 0 Å². The van der Waals surface area contributed by atoms with E-state index in [2.05, 4.69) is 10.1 Å². The number of nitrogen functional groups attached to an aromatic ring is 1. The SMILES string of the molecule is Cc1nc(Cn2c(=O)sc3cc(F)c(N)cc32)no1. The third-order valence-electron chi connectivity index (χ3n) is 2.66. The van der Waals surface area contributed by atoms with E-state index in [4.69, 9.17) is 10.3 Å². The van der Waals surface area contributed by atoms with Gasteiger partial charge in [-0.3, -0.25) is 9.36 Å². The minimum absolute atomic E-state index is 0.00309. The lowest BCUT2D eigenvalue weighted by molar-refractivity contribution is 0.386. The number of aromatic nitrogens is 3. The smallest absolute Gasteiger partial charge is 0.308 e. The average molecular weight is 280 g/mol. The van der Waals surface area contributed by atoms with Crippen LogP contribution in [0.1, 0.15) is 11.7 Å². The van der Waals surface area contributed by atoms with E-state index in [9.17, 15) is 9.18 Å². The minimum Gasteiger partial charge on any atom is -0.396 e. The fourth-order valence-electron chi connectivity index (χ4n) is 1.80. The van der Waals surface area contributed by atoms with Crippen LogP contribution in [0.3, 0.4) is 0 Å². The van der Waals surface area contributed by atoms with Crippen LogP contribution in [0.4, 0.5) is 10.1 Å². The predicted octanol–water partition coefficient (Wildman–Crippen LogP) is 1.52. The lowest BCUT2D eigenvalue weighted by atomic mass is 10.3. The molecule has 3 aromatic rings. The van der Waals surface area contributed by atoms with Crippen LogP contribution in [0.2, 0.25) is 0 Å². The highest BCUT2D eigenvalue weighted by Gasteiger charge is 2.13. The monoisotopic (exact) mass is 280 g/mol. The topological polar surface area (TPSA) is 86.9 Å². The predicted molar refractivity (Wildman–Crippen MR) is 68.6 cm³/mol. The molecule has 0 saturated heterocycles. The molecule has 98 valence electrons. The molecule has 2 aromatic heterocycles. The van der Waals surface area contributed by atoms with Gasteiger partial charge in [-0.1, -0.05) is 16.5 Å². The Labute approximate surface area is 110 Å². The zero-order valence-electron chi connectivity index (χ0n) is 9.88. The van der Waals surface area contributed by atoms with Crippen molar-refractivity contribution >= 4 is 27.2 Å². The molecule has 2 heterocycles. The second-order valence-corrected chi connectivity index (χ2v) is 5.02. The molecule has 8 heteroatoms. The summed E-state index contributed by atoms with van der Waals surface area (Å²) in [5, 5.41) is 3.73. The number of fused-ring (bicyclic) bond motifs is 1. The maximum Gasteiger partial charge on any atom is 0.308 e. The van der Waals surface area contributed by atoms with Crippen molar-refractivity contribution in [3.8, 4) is 0 Å². The number of thiazole rings is 1. The van der Waals surface area contributed by atoms with Crippen molar-refractivity contribution in [1.82, 2.24) is 14.7 Å². The minimum atomic E-state index is -0.531. The van der Waals surface area contributed by atoms with E-state index in [0.717, 1.165) is 11.3 Å². The van der Waals surface area contributed by atoms with Gasteiger partial charge in [-0.2, -0.15) is 4.98 Å². The van der Waals surface area contributed by atoms with Crippen LogP contribution in [0.25, 0.3) is 10.2 Å². The normalized spacial score (nSPS) is 11.3. The number of nitrogens with two attached hydrogens (primary N) is 1. The molecule has 0 aliphatic heterocycles. The highest BCUT2D eigenvalue weighted by molar-refractivity contribution is 7.16. The van der Waals surface area contributed by atoms with E-state index in [1.54, 1.807) is 6.92 Å². The Morgan fingerprint density at radius 3 is 3.00 bits per heavy atom. The van der Waals surface area contributed by atoms with Crippen molar-refractivity contribution in [2.75, 3.05) is 5.73 Å². The number of rotatable bonds is 2. The van der Waals surface area contributed by atoms with Gasteiger partial charge in [-0.05, 0) is 12.1 Å². The molecule has 0 spiro atoms. The van der Waals surface area contributed by atoms with Crippen molar-refractivity contribution < 1.29 is 8.91 Å². The van der Waals surface area contributed by atoms with Gasteiger partial charge in [0, 0.05) is 6.92 Å². The van der Waals surface area contributed by atoms with Crippen molar-refractivity contribution in [1.29, 1.82) is 0 Å². The first-order chi connectivity index (χ1) is 9.04. The summed E-state index contributed by atoms with van der Waals surface area (Å²) in [6.45, 7) is 1.83. The molecular weight excluding hydrogens is 271 g/mol. The van der Waals surface area contributed by atoms with Gasteiger partial charge in [-0.15, -0.1) is 0 Å². The fourth-order valence-corrected chi connectivity index (χ4v) is 2.69. The number of anilines is 1. The summed E-state index contributed by atoms with van der Waals surface area (Å²) in [6, 6.07) is 2.70. The Bertz CT molecular complexity index is 820. The molecule has 0 aliphatic carbocycles. The molecule has 0 aliphatic rings. The zero-order valence-corrected chi connectivity index (χ0v) is 10.7. The van der Waals surface area contributed by atoms with Crippen molar-refractivity contribution in [2.24, 2.45) is 0 Å². The standard InChI is InChI=1S/C11H9FN4O2S/c1-5-14-10(15-18-5)4-16-8-3-7(13)6(12)2-9(8)19-11(16)17/h2-3H,4,13H2,1H3. The molecule has 6 nitrogen and oxygen atoms in total. The summed E-state index contributed by atoms with van der Waals surface area (Å²) < 4.78 is 20.2. The molecule has 2 N–H and O–H groups in total. The number of nitrogens with zero attached hydrogens (tertiary/aromatic N) is 3. The van der Waals surface area contributed by atoms with Crippen LogP contribution < -0.4 is 10.6 Å². The van der Waals surface area contributed by atoms with Gasteiger partial charge in [0.1, 0.15) is 5.82 Å². The molecule has 1 aromatic carbocycles. The van der Waals surface area contributed by atoms with E-state index in [1.165, 1.54) is 16.7 Å². The van der Waals surface area contributed by atoms with E-state index in [-0.39, 0.29) is 17.1 Å². The van der Waals surface area contributed by atoms with Crippen molar-refractivity contribution in [3.05, 3.63) is 39.3 Å². The van der Waals surface area contributed by atoms with E-state index in [1.807, 2.05) is 0 Å². The van der Waals surface area contributed by atoms with E-state index in [0.29, 0.717) is 21.9 Å². The third kappa shape index (κ3) is 1.99. The van der Waals surface area contributed by atoms with Gasteiger partial charge in [0.2, 0.25) is 5.89 Å². The summed E-state index contributed by atoms with van der Waals surface area (Å²) in [5.41, 5.74) is 6.10. The van der Waals surface area contributed by atoms with Crippen LogP contribution in [0.5, 0.6) is 0 Å². The number of aryl methyl sites for hydroxylation is 1. The van der Waals surface area contributed by atoms with Gasteiger partial charge in [0.25, 0.3) is 0 Å². The molecular formula is C11H9FN4O2S. The number of hydrogen-bond donors (Lipinski definition) is 1. The second-order valence-electron chi connectivity index (χ2n) is 4.03. The third-order valence-corrected chi connectivity index (χ3v) is 3.60. The van der Waals surface area contributed by atoms with Gasteiger partial charge < -0.3 is 10.3 Å². The summed E-state index contributed by atoms with van der Waals surface area (Å²) in [5.74, 6) is 0.284. The maximum absolute atomic E-state index is 13.4. The first-order valence-corrected chi connectivity index (χ1v) is 6.24. The van der Waals surface area contributed by atoms with Gasteiger partial charge >= 0.3 is 4.87 Å². The van der Waals surface area contributed by atoms with E-state index < -0.39 is 5.82 Å². The van der Waals surface area contributed by atoms with Gasteiger partial charge in [-0.25, -0.2) is 4.39 Å². The first kappa shape index (κ1) is 11.8. The molecule has 0 bridgehead atoms. The van der Waals surface area contributed by atoms with Crippen LogP contribution in [-0.4, -0.2) is 14.7 Å². The fraction of sp³-hybridized carbons (Fsp3) is 0.182. The summed E-state index contributed by atoms with van der Waals surface area (Å²) >= 11 is 0.953. The van der Waals surface area contributed by atoms with Crippen LogP contribution in [-0.2, 0) is 6.54 Å². The number of benzene rings is 1. The van der Waals surface area contributed by atoms with Crippen LogP contribution in [0, 0.1) is 12.7 Å². The second kappa shape index (κ2) is 4.16. The molecule has 0 amide bonds. The Morgan fingerprint density at radius 2 is 2.32 bits per heavy atom. The molecule has 0 radical (unpaired) electrons. The highest BCUT2D eigenvalue weighted by atomic mass is 32.1. The lowest BCUT2D eigenvalue weighted by Gasteiger charge is -2.01. The molecule has 0 saturated carbocycles. The van der Waals surface area contributed by atoms with Crippen LogP contribution >= 0.6 is 11.3 Å². The summed E-state index contributed by atoms with van der Waals surface area (Å²) in [7, 11) is 0. The quantitative estimate of drug-likeness (QED) is 0.719. The average Bonchev–Trinajstić information content (AvgIpc) is 2.87. The first-order valence-electron chi connectivity index (χ1n) is 5.42. The molecule has 0 atom stereocenters. The number of halogens is 1. The molecule has 19 heavy (non-hydrogen) atoms. The van der Waals surface area contributed by atoms with Gasteiger partial charge in [0.05, 0.1) is 22.4 Å². The number of hydrogen-bond acceptors (Lipinski definition) is 6. The zero-order chi connectivity index (χ0) is 13.6. The largest absolute Gasteiger partial charge is 0.396 e. The maximum atomic E-state index is 13.4. The lowest BCUT2D eigenvalue weighted by Crippen LogP contribution is -2.14. The highest BCUT2D eigenvalue weighted by Crippen LogP contribution is 2.23. The Morgan fingerprint density at radius 1 is 1.53 bits per heavy atom. The Hall–Kier alpha value is -2.22. The molecule has 0 fully saturated rings. The molecule has 3 rings (SSSR count). The summed E-state index contributed by atoms with van der Waals surface area (Å²) in [4.78, 5) is 15.7. The Balaban J connectivity index is 2.15. The van der Waals surface area contributed by atoms with Crippen molar-refractivity contribution in [2.45, 2.75) is 13.5 Å². The van der Waals surface area contributed by atoms with Crippen LogP contribution in [0.15, 0.2) is 21.5 Å². The molecule has 0 unspecified atom stereocenters. The van der Waals surface area contributed by atoms with Gasteiger partial charge in [0.15, 0.2) is 5.82 Å². The van der Waals surface area contributed by atoms with Crippen molar-refractivity contribution in [3.63, 3.8) is 0 Å². The Kier molecular flexibility index (Phi) is 2.59.